The number of nitrogens with one attached hydrogen (secondary N) is 1. The van der Waals surface area contributed by atoms with Gasteiger partial charge >= 0.3 is 0 Å². The zero-order valence-electron chi connectivity index (χ0n) is 15.4. The first-order valence-electron chi connectivity index (χ1n) is 9.02. The third-order valence-electron chi connectivity index (χ3n) is 4.73. The number of carbonyl (C=O) groups excluding carboxylic acids is 1. The predicted molar refractivity (Wildman–Crippen MR) is 109 cm³/mol. The Morgan fingerprint density at radius 2 is 1.86 bits per heavy atom. The molecule has 0 bridgehead atoms. The number of halogens is 1. The van der Waals surface area contributed by atoms with E-state index in [1.807, 2.05) is 0 Å². The van der Waals surface area contributed by atoms with Crippen LogP contribution >= 0.6 is 0 Å². The molecular weight excluding hydrogens is 393 g/mol. The minimum atomic E-state index is -3.82. The minimum Gasteiger partial charge on any atom is -0.308 e. The molecule has 1 aromatic heterocycles. The van der Waals surface area contributed by atoms with Crippen LogP contribution in [0.15, 0.2) is 67.0 Å². The highest BCUT2D eigenvalue weighted by atomic mass is 32.2. The molecular formula is C21H18FN3O3S. The fourth-order valence-corrected chi connectivity index (χ4v) is 4.54. The van der Waals surface area contributed by atoms with Crippen molar-refractivity contribution < 1.29 is 17.6 Å². The molecule has 1 N–H and O–H groups in total. The topological polar surface area (TPSA) is 79.4 Å². The van der Waals surface area contributed by atoms with Crippen molar-refractivity contribution in [3.05, 3.63) is 89.5 Å². The van der Waals surface area contributed by atoms with E-state index in [2.05, 4.69) is 9.71 Å². The molecule has 0 saturated heterocycles. The third kappa shape index (κ3) is 4.12. The number of carbonyl (C=O) groups is 1. The van der Waals surface area contributed by atoms with Crippen LogP contribution in [0.1, 0.15) is 21.5 Å². The molecule has 2 heterocycles. The molecule has 0 unspecified atom stereocenters. The number of sulfonamides is 1. The molecule has 2 aromatic carbocycles. The Balaban J connectivity index is 1.57. The summed E-state index contributed by atoms with van der Waals surface area (Å²) in [6, 6.07) is 14.1. The van der Waals surface area contributed by atoms with Crippen molar-refractivity contribution in [3.8, 4) is 0 Å². The normalized spacial score (nSPS) is 13.2. The van der Waals surface area contributed by atoms with E-state index >= 15 is 0 Å². The van der Waals surface area contributed by atoms with Crippen molar-refractivity contribution in [1.82, 2.24) is 4.98 Å². The molecule has 3 aromatic rings. The molecule has 0 fully saturated rings. The maximum absolute atomic E-state index is 13.8. The number of hydrogen-bond donors (Lipinski definition) is 1. The van der Waals surface area contributed by atoms with E-state index < -0.39 is 21.6 Å². The lowest BCUT2D eigenvalue weighted by atomic mass is 10.1. The number of amides is 1. The number of nitrogens with zero attached hydrogens (tertiary/aromatic N) is 2. The molecule has 8 heteroatoms. The molecule has 0 aliphatic carbocycles. The van der Waals surface area contributed by atoms with E-state index in [-0.39, 0.29) is 11.5 Å². The van der Waals surface area contributed by atoms with Gasteiger partial charge in [-0.2, -0.15) is 0 Å². The number of fused-ring (bicyclic) bond motifs is 1. The van der Waals surface area contributed by atoms with Gasteiger partial charge < -0.3 is 4.90 Å². The van der Waals surface area contributed by atoms with E-state index in [9.17, 15) is 17.6 Å². The smallest absolute Gasteiger partial charge is 0.258 e. The fraction of sp³-hybridized carbons (Fsp3) is 0.143. The molecule has 0 spiro atoms. The number of benzene rings is 2. The Morgan fingerprint density at radius 3 is 2.62 bits per heavy atom. The van der Waals surface area contributed by atoms with E-state index in [1.165, 1.54) is 18.2 Å². The average molecular weight is 411 g/mol. The van der Waals surface area contributed by atoms with Crippen molar-refractivity contribution in [2.75, 3.05) is 16.2 Å². The SMILES string of the molecule is O=C(c1ccncc1)N1CCc2ccc(NS(=O)(=O)Cc3ccccc3F)cc21. The van der Waals surface area contributed by atoms with Crippen LogP contribution in [-0.2, 0) is 22.2 Å². The first-order chi connectivity index (χ1) is 13.9. The zero-order valence-corrected chi connectivity index (χ0v) is 16.2. The highest BCUT2D eigenvalue weighted by molar-refractivity contribution is 7.91. The van der Waals surface area contributed by atoms with Gasteiger partial charge in [0.25, 0.3) is 5.91 Å². The van der Waals surface area contributed by atoms with E-state index in [4.69, 9.17) is 0 Å². The molecule has 1 amide bonds. The van der Waals surface area contributed by atoms with Crippen molar-refractivity contribution in [2.45, 2.75) is 12.2 Å². The molecule has 1 aliphatic heterocycles. The Morgan fingerprint density at radius 1 is 1.10 bits per heavy atom. The quantitative estimate of drug-likeness (QED) is 0.698. The highest BCUT2D eigenvalue weighted by Gasteiger charge is 2.26. The summed E-state index contributed by atoms with van der Waals surface area (Å²) in [5.74, 6) is -1.21. The Hall–Kier alpha value is -3.26. The van der Waals surface area contributed by atoms with Crippen molar-refractivity contribution in [2.24, 2.45) is 0 Å². The van der Waals surface area contributed by atoms with E-state index in [0.29, 0.717) is 29.9 Å². The van der Waals surface area contributed by atoms with Crippen LogP contribution in [0.5, 0.6) is 0 Å². The van der Waals surface area contributed by atoms with Gasteiger partial charge in [0, 0.05) is 35.8 Å². The van der Waals surface area contributed by atoms with Gasteiger partial charge in [-0.1, -0.05) is 24.3 Å². The maximum Gasteiger partial charge on any atom is 0.258 e. The standard InChI is InChI=1S/C21H18FN3O3S/c22-19-4-2-1-3-17(19)14-29(27,28)24-18-6-5-15-9-12-25(20(15)13-18)21(26)16-7-10-23-11-8-16/h1-8,10-11,13,24H,9,12,14H2. The summed E-state index contributed by atoms with van der Waals surface area (Å²) >= 11 is 0. The Kier molecular flexibility index (Phi) is 5.02. The molecule has 0 radical (unpaired) electrons. The summed E-state index contributed by atoms with van der Waals surface area (Å²) in [5.41, 5.74) is 2.56. The maximum atomic E-state index is 13.8. The first kappa shape index (κ1) is 19.1. The van der Waals surface area contributed by atoms with Crippen molar-refractivity contribution in [1.29, 1.82) is 0 Å². The summed E-state index contributed by atoms with van der Waals surface area (Å²) in [7, 11) is -3.82. The summed E-state index contributed by atoms with van der Waals surface area (Å²) in [6.07, 6.45) is 3.80. The summed E-state index contributed by atoms with van der Waals surface area (Å²) in [4.78, 5) is 18.3. The van der Waals surface area contributed by atoms with Gasteiger partial charge in [0.05, 0.1) is 11.4 Å². The largest absolute Gasteiger partial charge is 0.308 e. The first-order valence-corrected chi connectivity index (χ1v) is 10.7. The van der Waals surface area contributed by atoms with Crippen LogP contribution in [0.4, 0.5) is 15.8 Å². The fourth-order valence-electron chi connectivity index (χ4n) is 3.34. The minimum absolute atomic E-state index is 0.0932. The van der Waals surface area contributed by atoms with Gasteiger partial charge in [0.15, 0.2) is 0 Å². The van der Waals surface area contributed by atoms with Crippen molar-refractivity contribution in [3.63, 3.8) is 0 Å². The van der Waals surface area contributed by atoms with E-state index in [0.717, 1.165) is 5.56 Å². The lowest BCUT2D eigenvalue weighted by molar-refractivity contribution is 0.0989. The summed E-state index contributed by atoms with van der Waals surface area (Å²) in [6.45, 7) is 0.516. The molecule has 4 rings (SSSR count). The number of aromatic nitrogens is 1. The number of rotatable bonds is 5. The predicted octanol–water partition coefficient (Wildman–Crippen LogP) is 3.37. The van der Waals surface area contributed by atoms with E-state index in [1.54, 1.807) is 53.7 Å². The lowest BCUT2D eigenvalue weighted by Gasteiger charge is -2.18. The molecule has 0 saturated carbocycles. The zero-order chi connectivity index (χ0) is 20.4. The summed E-state index contributed by atoms with van der Waals surface area (Å²) < 4.78 is 41.3. The number of hydrogen-bond acceptors (Lipinski definition) is 4. The molecule has 29 heavy (non-hydrogen) atoms. The monoisotopic (exact) mass is 411 g/mol. The molecule has 6 nitrogen and oxygen atoms in total. The van der Waals surface area contributed by atoms with Crippen LogP contribution in [-0.4, -0.2) is 25.9 Å². The second-order valence-corrected chi connectivity index (χ2v) is 8.46. The summed E-state index contributed by atoms with van der Waals surface area (Å²) in [5, 5.41) is 0. The van der Waals surface area contributed by atoms with Crippen molar-refractivity contribution >= 4 is 27.3 Å². The lowest BCUT2D eigenvalue weighted by Crippen LogP contribution is -2.29. The molecule has 1 aliphatic rings. The van der Waals surface area contributed by atoms with Crippen LogP contribution < -0.4 is 9.62 Å². The highest BCUT2D eigenvalue weighted by Crippen LogP contribution is 2.32. The van der Waals surface area contributed by atoms with Gasteiger partial charge in [-0.05, 0) is 42.3 Å². The Labute approximate surface area is 168 Å². The van der Waals surface area contributed by atoms with Gasteiger partial charge in [0.1, 0.15) is 5.82 Å². The van der Waals surface area contributed by atoms with Gasteiger partial charge in [-0.15, -0.1) is 0 Å². The molecule has 148 valence electrons. The Bertz CT molecular complexity index is 1170. The van der Waals surface area contributed by atoms with Gasteiger partial charge in [-0.3, -0.25) is 14.5 Å². The van der Waals surface area contributed by atoms with Crippen LogP contribution in [0.25, 0.3) is 0 Å². The van der Waals surface area contributed by atoms with Gasteiger partial charge in [-0.25, -0.2) is 12.8 Å². The van der Waals surface area contributed by atoms with Crippen LogP contribution in [0.3, 0.4) is 0 Å². The molecule has 0 atom stereocenters. The van der Waals surface area contributed by atoms with Crippen LogP contribution in [0, 0.1) is 5.82 Å². The number of anilines is 2. The van der Waals surface area contributed by atoms with Gasteiger partial charge in [0.2, 0.25) is 10.0 Å². The second kappa shape index (κ2) is 7.63. The number of pyridine rings is 1. The average Bonchev–Trinajstić information content (AvgIpc) is 3.12. The second-order valence-electron chi connectivity index (χ2n) is 6.74. The third-order valence-corrected chi connectivity index (χ3v) is 5.97. The van der Waals surface area contributed by atoms with Crippen LogP contribution in [0.2, 0.25) is 0 Å².